The number of hydrogen-bond donors (Lipinski definition) is 0. The summed E-state index contributed by atoms with van der Waals surface area (Å²) in [7, 11) is 0. The van der Waals surface area contributed by atoms with Crippen LogP contribution < -0.4 is 4.90 Å². The standard InChI is InChI=1S/C52H36N2/c1-2-13-36(14-3-1)53-48-22-8-6-18-41(48)46-31-33(24-28-50(46)53)34-25-29-51-47(32-34)42-19-7-9-23-49(42)54(51)37-15-10-12-35(30-37)38-26-27-45-40-17-5-4-16-39(40)44-21-11-20-43(38)52(44)45/h1-27,29-31,34,50H,28,32H2. The Kier molecular flexibility index (Phi) is 6.32. The van der Waals surface area contributed by atoms with Gasteiger partial charge in [0.15, 0.2) is 0 Å². The van der Waals surface area contributed by atoms with E-state index in [4.69, 9.17) is 0 Å². The molecule has 2 nitrogen and oxygen atoms in total. The van der Waals surface area contributed by atoms with Gasteiger partial charge in [-0.05, 0) is 116 Å². The van der Waals surface area contributed by atoms with Crippen LogP contribution in [0, 0.1) is 5.92 Å². The minimum absolute atomic E-state index is 0.319. The van der Waals surface area contributed by atoms with E-state index < -0.39 is 0 Å². The van der Waals surface area contributed by atoms with Crippen LogP contribution in [-0.2, 0) is 6.42 Å². The lowest BCUT2D eigenvalue weighted by molar-refractivity contribution is 0.737. The molecule has 7 aromatic carbocycles. The van der Waals surface area contributed by atoms with E-state index in [-0.39, 0.29) is 0 Å². The smallest absolute Gasteiger partial charge is 0.0633 e. The normalized spacial score (nSPS) is 17.6. The predicted molar refractivity (Wildman–Crippen MR) is 226 cm³/mol. The number of para-hydroxylation sites is 3. The molecule has 1 aliphatic heterocycles. The van der Waals surface area contributed by atoms with E-state index in [1.54, 1.807) is 0 Å². The zero-order valence-electron chi connectivity index (χ0n) is 29.8. The molecule has 3 aliphatic carbocycles. The molecule has 1 aromatic heterocycles. The number of benzene rings is 7. The molecule has 0 radical (unpaired) electrons. The number of anilines is 2. The molecule has 12 rings (SSSR count). The van der Waals surface area contributed by atoms with Crippen LogP contribution in [0.4, 0.5) is 11.4 Å². The maximum absolute atomic E-state index is 2.54. The summed E-state index contributed by atoms with van der Waals surface area (Å²) < 4.78 is 2.49. The lowest BCUT2D eigenvalue weighted by Gasteiger charge is -2.31. The number of hydrogen-bond acceptors (Lipinski definition) is 1. The summed E-state index contributed by atoms with van der Waals surface area (Å²) in [6.07, 6.45) is 11.9. The Bertz CT molecular complexity index is 2920. The van der Waals surface area contributed by atoms with E-state index in [0.717, 1.165) is 12.8 Å². The van der Waals surface area contributed by atoms with Crippen LogP contribution in [0.15, 0.2) is 182 Å². The predicted octanol–water partition coefficient (Wildman–Crippen LogP) is 13.2. The molecule has 8 aromatic rings. The Morgan fingerprint density at radius 3 is 2.11 bits per heavy atom. The Morgan fingerprint density at radius 2 is 1.22 bits per heavy atom. The molecule has 254 valence electrons. The molecular formula is C52H36N2. The molecule has 0 fully saturated rings. The fourth-order valence-corrected chi connectivity index (χ4v) is 10.1. The molecule has 2 atom stereocenters. The second-order valence-electron chi connectivity index (χ2n) is 15.1. The summed E-state index contributed by atoms with van der Waals surface area (Å²) >= 11 is 0. The SMILES string of the molecule is C1=CC(C2=CCC3C(=C2)c2ccccc2N3c2ccccc2)Cc2c1n(-c1cccc(-c3ccc4c5c(cccc35)-c3ccccc3-4)c1)c1ccccc21. The Labute approximate surface area is 315 Å². The molecule has 0 amide bonds. The first kappa shape index (κ1) is 29.9. The average molecular weight is 689 g/mol. The average Bonchev–Trinajstić information content (AvgIpc) is 3.87. The monoisotopic (exact) mass is 688 g/mol. The molecule has 54 heavy (non-hydrogen) atoms. The van der Waals surface area contributed by atoms with E-state index in [0.29, 0.717) is 12.0 Å². The topological polar surface area (TPSA) is 8.17 Å². The van der Waals surface area contributed by atoms with E-state index in [2.05, 4.69) is 191 Å². The largest absolute Gasteiger partial charge is 0.333 e. The van der Waals surface area contributed by atoms with Crippen molar-refractivity contribution in [1.29, 1.82) is 0 Å². The number of nitrogens with zero attached hydrogens (tertiary/aromatic N) is 2. The van der Waals surface area contributed by atoms with Gasteiger partial charge in [0, 0.05) is 39.6 Å². The molecule has 2 unspecified atom stereocenters. The van der Waals surface area contributed by atoms with Gasteiger partial charge >= 0.3 is 0 Å². The van der Waals surface area contributed by atoms with Gasteiger partial charge in [0.25, 0.3) is 0 Å². The van der Waals surface area contributed by atoms with Crippen molar-refractivity contribution in [2.24, 2.45) is 5.92 Å². The van der Waals surface area contributed by atoms with Crippen molar-refractivity contribution in [1.82, 2.24) is 4.57 Å². The molecule has 0 N–H and O–H groups in total. The van der Waals surface area contributed by atoms with Gasteiger partial charge in [-0.3, -0.25) is 0 Å². The van der Waals surface area contributed by atoms with Crippen molar-refractivity contribution in [2.45, 2.75) is 18.9 Å². The van der Waals surface area contributed by atoms with E-state index in [1.807, 2.05) is 0 Å². The minimum atomic E-state index is 0.319. The molecular weight excluding hydrogens is 653 g/mol. The quantitative estimate of drug-likeness (QED) is 0.179. The van der Waals surface area contributed by atoms with Gasteiger partial charge in [-0.25, -0.2) is 0 Å². The molecule has 0 saturated heterocycles. The first-order valence-corrected chi connectivity index (χ1v) is 19.2. The van der Waals surface area contributed by atoms with Gasteiger partial charge in [-0.1, -0.05) is 140 Å². The van der Waals surface area contributed by atoms with Crippen LogP contribution in [-0.4, -0.2) is 10.6 Å². The highest BCUT2D eigenvalue weighted by molar-refractivity contribution is 6.18. The highest BCUT2D eigenvalue weighted by Gasteiger charge is 2.37. The zero-order valence-corrected chi connectivity index (χ0v) is 29.8. The Balaban J connectivity index is 0.927. The summed E-state index contributed by atoms with van der Waals surface area (Å²) in [5, 5.41) is 4.03. The Hall–Kier alpha value is -6.64. The zero-order chi connectivity index (χ0) is 35.3. The number of rotatable bonds is 4. The summed E-state index contributed by atoms with van der Waals surface area (Å²) in [6.45, 7) is 0. The van der Waals surface area contributed by atoms with Gasteiger partial charge in [0.2, 0.25) is 0 Å². The molecule has 2 heterocycles. The van der Waals surface area contributed by atoms with Crippen LogP contribution in [0.1, 0.15) is 23.2 Å². The second kappa shape index (κ2) is 11.4. The number of allylic oxidation sites excluding steroid dienone is 3. The third-order valence-electron chi connectivity index (χ3n) is 12.4. The van der Waals surface area contributed by atoms with Crippen LogP contribution >= 0.6 is 0 Å². The van der Waals surface area contributed by atoms with Crippen molar-refractivity contribution in [3.63, 3.8) is 0 Å². The first-order chi connectivity index (χ1) is 26.8. The highest BCUT2D eigenvalue weighted by Crippen LogP contribution is 2.51. The molecule has 0 spiro atoms. The summed E-state index contributed by atoms with van der Waals surface area (Å²) in [5.74, 6) is 0.326. The van der Waals surface area contributed by atoms with Gasteiger partial charge in [0.05, 0.1) is 11.6 Å². The third kappa shape index (κ3) is 4.22. The number of aromatic nitrogens is 1. The van der Waals surface area contributed by atoms with Crippen LogP contribution in [0.25, 0.3) is 72.4 Å². The highest BCUT2D eigenvalue weighted by atomic mass is 15.2. The van der Waals surface area contributed by atoms with Crippen LogP contribution in [0.2, 0.25) is 0 Å². The van der Waals surface area contributed by atoms with Crippen molar-refractivity contribution in [2.75, 3.05) is 4.90 Å². The maximum Gasteiger partial charge on any atom is 0.0633 e. The molecule has 0 bridgehead atoms. The Morgan fingerprint density at radius 1 is 0.537 bits per heavy atom. The lowest BCUT2D eigenvalue weighted by Crippen LogP contribution is -2.28. The maximum atomic E-state index is 2.54. The summed E-state index contributed by atoms with van der Waals surface area (Å²) in [5.41, 5.74) is 19.9. The fourth-order valence-electron chi connectivity index (χ4n) is 10.1. The molecule has 0 saturated carbocycles. The first-order valence-electron chi connectivity index (χ1n) is 19.2. The van der Waals surface area contributed by atoms with Crippen LogP contribution in [0.3, 0.4) is 0 Å². The van der Waals surface area contributed by atoms with Gasteiger partial charge in [0.1, 0.15) is 0 Å². The van der Waals surface area contributed by atoms with Crippen molar-refractivity contribution < 1.29 is 0 Å². The van der Waals surface area contributed by atoms with Crippen LogP contribution in [0.5, 0.6) is 0 Å². The van der Waals surface area contributed by atoms with E-state index in [9.17, 15) is 0 Å². The van der Waals surface area contributed by atoms with E-state index in [1.165, 1.54) is 100 Å². The van der Waals surface area contributed by atoms with Gasteiger partial charge in [-0.2, -0.15) is 0 Å². The van der Waals surface area contributed by atoms with E-state index >= 15 is 0 Å². The second-order valence-corrected chi connectivity index (χ2v) is 15.1. The van der Waals surface area contributed by atoms with Crippen molar-refractivity contribution >= 4 is 44.7 Å². The van der Waals surface area contributed by atoms with Crippen molar-refractivity contribution in [3.8, 4) is 39.1 Å². The lowest BCUT2D eigenvalue weighted by atomic mass is 9.81. The summed E-state index contributed by atoms with van der Waals surface area (Å²) in [6, 6.07) is 58.6. The third-order valence-corrected chi connectivity index (χ3v) is 12.4. The summed E-state index contributed by atoms with van der Waals surface area (Å²) in [4.78, 5) is 2.54. The van der Waals surface area contributed by atoms with Gasteiger partial charge < -0.3 is 9.47 Å². The molecule has 2 heteroatoms. The minimum Gasteiger partial charge on any atom is -0.333 e. The molecule has 4 aliphatic rings. The number of fused-ring (bicyclic) bond motifs is 9. The van der Waals surface area contributed by atoms with Gasteiger partial charge in [-0.15, -0.1) is 0 Å². The van der Waals surface area contributed by atoms with Crippen molar-refractivity contribution in [3.05, 3.63) is 198 Å². The fraction of sp³-hybridized carbons (Fsp3) is 0.0769.